The molecule has 0 N–H and O–H groups in total. The number of nitrogens with zero attached hydrogens (tertiary/aromatic N) is 2. The van der Waals surface area contributed by atoms with Gasteiger partial charge < -0.3 is 12.4 Å². The Kier molecular flexibility index (Phi) is 4.13. The van der Waals surface area contributed by atoms with E-state index in [0.29, 0.717) is 0 Å². The minimum atomic E-state index is 0. The zero-order valence-electron chi connectivity index (χ0n) is 9.94. The fourth-order valence-electron chi connectivity index (χ4n) is 1.77. The van der Waals surface area contributed by atoms with E-state index in [9.17, 15) is 0 Å². The molecule has 2 rings (SSSR count). The Hall–Kier alpha value is -1.28. The molecule has 0 spiro atoms. The fourth-order valence-corrected chi connectivity index (χ4v) is 1.77. The molecule has 0 radical (unpaired) electrons. The van der Waals surface area contributed by atoms with E-state index in [1.165, 1.54) is 17.0 Å². The molecule has 0 atom stereocenters. The van der Waals surface area contributed by atoms with Crippen LogP contribution >= 0.6 is 0 Å². The Bertz CT molecular complexity index is 475. The Morgan fingerprint density at radius 1 is 1.25 bits per heavy atom. The first kappa shape index (κ1) is 12.8. The summed E-state index contributed by atoms with van der Waals surface area (Å²) in [5.74, 6) is 1.27. The molecule has 0 amide bonds. The molecule has 2 nitrogen and oxygen atoms in total. The summed E-state index contributed by atoms with van der Waals surface area (Å²) < 4.78 is 4.39. The van der Waals surface area contributed by atoms with Crippen LogP contribution in [0.3, 0.4) is 0 Å². The van der Waals surface area contributed by atoms with Crippen LogP contribution in [-0.4, -0.2) is 4.57 Å². The molecule has 0 saturated carbocycles. The highest BCUT2D eigenvalue weighted by Crippen LogP contribution is 2.06. The van der Waals surface area contributed by atoms with Crippen LogP contribution in [0.4, 0.5) is 0 Å². The first-order valence-electron chi connectivity index (χ1n) is 5.24. The van der Waals surface area contributed by atoms with Crippen LogP contribution in [0.1, 0.15) is 17.0 Å². The SMILES string of the molecule is Cc1cccc(Cn2cc[n+](C)c2C)c1.[Cl-]. The van der Waals surface area contributed by atoms with Crippen molar-refractivity contribution in [3.05, 3.63) is 53.6 Å². The third-order valence-electron chi connectivity index (χ3n) is 2.83. The standard InChI is InChI=1S/C13H17N2.ClH/c1-11-5-4-6-13(9-11)10-15-8-7-14(3)12(15)2;/h4-9H,10H2,1-3H3;1H/q+1;/p-1. The number of hydrogen-bond donors (Lipinski definition) is 0. The third kappa shape index (κ3) is 2.64. The second-order valence-electron chi connectivity index (χ2n) is 4.07. The quantitative estimate of drug-likeness (QED) is 0.591. The minimum absolute atomic E-state index is 0. The average molecular weight is 237 g/mol. The summed E-state index contributed by atoms with van der Waals surface area (Å²) in [6.07, 6.45) is 4.21. The Labute approximate surface area is 103 Å². The predicted molar refractivity (Wildman–Crippen MR) is 60.6 cm³/mol. The Balaban J connectivity index is 0.00000128. The molecular formula is C13H17ClN2. The molecule has 0 bridgehead atoms. The van der Waals surface area contributed by atoms with Crippen molar-refractivity contribution >= 4 is 0 Å². The molecule has 1 heterocycles. The summed E-state index contributed by atoms with van der Waals surface area (Å²) >= 11 is 0. The maximum atomic E-state index is 2.26. The average Bonchev–Trinajstić information content (AvgIpc) is 2.50. The first-order valence-corrected chi connectivity index (χ1v) is 5.24. The lowest BCUT2D eigenvalue weighted by Gasteiger charge is -2.01. The molecule has 86 valence electrons. The van der Waals surface area contributed by atoms with E-state index < -0.39 is 0 Å². The van der Waals surface area contributed by atoms with Crippen LogP contribution in [0.15, 0.2) is 36.7 Å². The van der Waals surface area contributed by atoms with Crippen molar-refractivity contribution in [2.75, 3.05) is 0 Å². The molecule has 1 aromatic carbocycles. The molecule has 3 heteroatoms. The summed E-state index contributed by atoms with van der Waals surface area (Å²) in [5, 5.41) is 0. The third-order valence-corrected chi connectivity index (χ3v) is 2.83. The van der Waals surface area contributed by atoms with E-state index in [2.05, 4.69) is 66.7 Å². The van der Waals surface area contributed by atoms with Crippen molar-refractivity contribution in [3.63, 3.8) is 0 Å². The number of hydrogen-bond acceptors (Lipinski definition) is 0. The highest BCUT2D eigenvalue weighted by atomic mass is 35.5. The number of aryl methyl sites for hydroxylation is 2. The molecule has 16 heavy (non-hydrogen) atoms. The summed E-state index contributed by atoms with van der Waals surface area (Å²) in [6, 6.07) is 8.65. The van der Waals surface area contributed by atoms with Gasteiger partial charge in [0.05, 0.1) is 7.05 Å². The summed E-state index contributed by atoms with van der Waals surface area (Å²) in [5.41, 5.74) is 2.68. The Morgan fingerprint density at radius 2 is 2.00 bits per heavy atom. The lowest BCUT2D eigenvalue weighted by molar-refractivity contribution is -0.677. The van der Waals surface area contributed by atoms with Gasteiger partial charge in [-0.1, -0.05) is 29.8 Å². The topological polar surface area (TPSA) is 8.81 Å². The molecule has 0 saturated heterocycles. The van der Waals surface area contributed by atoms with Gasteiger partial charge in [0.1, 0.15) is 18.9 Å². The predicted octanol–water partition coefficient (Wildman–Crippen LogP) is -1.02. The molecule has 0 unspecified atom stereocenters. The van der Waals surface area contributed by atoms with Gasteiger partial charge in [-0.2, -0.15) is 0 Å². The maximum absolute atomic E-state index is 2.26. The summed E-state index contributed by atoms with van der Waals surface area (Å²) in [7, 11) is 2.07. The molecular weight excluding hydrogens is 220 g/mol. The van der Waals surface area contributed by atoms with Crippen LogP contribution in [-0.2, 0) is 13.6 Å². The van der Waals surface area contributed by atoms with Gasteiger partial charge in [-0.05, 0) is 12.5 Å². The highest BCUT2D eigenvalue weighted by Gasteiger charge is 2.08. The number of benzene rings is 1. The molecule has 0 fully saturated rings. The van der Waals surface area contributed by atoms with Crippen molar-refractivity contribution in [1.82, 2.24) is 4.57 Å². The number of aromatic nitrogens is 2. The monoisotopic (exact) mass is 236 g/mol. The van der Waals surface area contributed by atoms with E-state index >= 15 is 0 Å². The first-order chi connectivity index (χ1) is 7.16. The minimum Gasteiger partial charge on any atom is -1.00 e. The van der Waals surface area contributed by atoms with Crippen LogP contribution < -0.4 is 17.0 Å². The Morgan fingerprint density at radius 3 is 2.56 bits per heavy atom. The van der Waals surface area contributed by atoms with Gasteiger partial charge in [-0.25, -0.2) is 9.13 Å². The zero-order chi connectivity index (χ0) is 10.8. The fraction of sp³-hybridized carbons (Fsp3) is 0.308. The smallest absolute Gasteiger partial charge is 0.253 e. The van der Waals surface area contributed by atoms with Crippen molar-refractivity contribution < 1.29 is 17.0 Å². The van der Waals surface area contributed by atoms with Gasteiger partial charge in [0.2, 0.25) is 0 Å². The van der Waals surface area contributed by atoms with Gasteiger partial charge >= 0.3 is 0 Å². The van der Waals surface area contributed by atoms with E-state index in [1.807, 2.05) is 0 Å². The largest absolute Gasteiger partial charge is 1.00 e. The highest BCUT2D eigenvalue weighted by molar-refractivity contribution is 5.22. The number of imidazole rings is 1. The van der Waals surface area contributed by atoms with Gasteiger partial charge in [-0.15, -0.1) is 0 Å². The van der Waals surface area contributed by atoms with E-state index in [-0.39, 0.29) is 12.4 Å². The number of halogens is 1. The molecule has 0 aliphatic carbocycles. The van der Waals surface area contributed by atoms with Crippen LogP contribution in [0, 0.1) is 13.8 Å². The van der Waals surface area contributed by atoms with Crippen molar-refractivity contribution in [1.29, 1.82) is 0 Å². The molecule has 0 aliphatic rings. The van der Waals surface area contributed by atoms with Crippen molar-refractivity contribution in [3.8, 4) is 0 Å². The van der Waals surface area contributed by atoms with Crippen molar-refractivity contribution in [2.24, 2.45) is 7.05 Å². The normalized spacial score (nSPS) is 9.94. The molecule has 1 aromatic heterocycles. The summed E-state index contributed by atoms with van der Waals surface area (Å²) in [4.78, 5) is 0. The van der Waals surface area contributed by atoms with Crippen LogP contribution in [0.25, 0.3) is 0 Å². The van der Waals surface area contributed by atoms with Gasteiger partial charge in [0, 0.05) is 6.92 Å². The molecule has 2 aromatic rings. The lowest BCUT2D eigenvalue weighted by atomic mass is 10.1. The van der Waals surface area contributed by atoms with Crippen LogP contribution in [0.2, 0.25) is 0 Å². The maximum Gasteiger partial charge on any atom is 0.253 e. The van der Waals surface area contributed by atoms with E-state index in [1.54, 1.807) is 0 Å². The zero-order valence-corrected chi connectivity index (χ0v) is 10.7. The van der Waals surface area contributed by atoms with Crippen LogP contribution in [0.5, 0.6) is 0 Å². The molecule has 0 aliphatic heterocycles. The van der Waals surface area contributed by atoms with Gasteiger partial charge in [0.15, 0.2) is 0 Å². The second-order valence-corrected chi connectivity index (χ2v) is 4.07. The van der Waals surface area contributed by atoms with Crippen molar-refractivity contribution in [2.45, 2.75) is 20.4 Å². The lowest BCUT2D eigenvalue weighted by Crippen LogP contribution is -3.00. The van der Waals surface area contributed by atoms with E-state index in [4.69, 9.17) is 0 Å². The van der Waals surface area contributed by atoms with Gasteiger partial charge in [-0.3, -0.25) is 0 Å². The van der Waals surface area contributed by atoms with Gasteiger partial charge in [0.25, 0.3) is 5.82 Å². The second kappa shape index (κ2) is 5.17. The number of rotatable bonds is 2. The summed E-state index contributed by atoms with van der Waals surface area (Å²) in [6.45, 7) is 5.22. The van der Waals surface area contributed by atoms with E-state index in [0.717, 1.165) is 6.54 Å².